The van der Waals surface area contributed by atoms with Gasteiger partial charge in [-0.2, -0.15) is 0 Å². The first-order chi connectivity index (χ1) is 12.5. The molecule has 6 heteroatoms. The Kier molecular flexibility index (Phi) is 8.85. The molecule has 0 spiro atoms. The first-order valence-electron chi connectivity index (χ1n) is 10.3. The van der Waals surface area contributed by atoms with Crippen molar-refractivity contribution in [1.29, 1.82) is 0 Å². The number of carbonyl (C=O) groups excluding carboxylic acids is 2. The van der Waals surface area contributed by atoms with Gasteiger partial charge in [-0.1, -0.05) is 20.8 Å². The number of nitrogens with zero attached hydrogens (tertiary/aromatic N) is 1. The van der Waals surface area contributed by atoms with E-state index in [-0.39, 0.29) is 17.7 Å². The highest BCUT2D eigenvalue weighted by molar-refractivity contribution is 5.88. The molecule has 1 saturated heterocycles. The molecular formula is C20H37N3O3. The lowest BCUT2D eigenvalue weighted by atomic mass is 9.82. The van der Waals surface area contributed by atoms with E-state index in [1.807, 2.05) is 0 Å². The second kappa shape index (κ2) is 10.9. The van der Waals surface area contributed by atoms with Crippen LogP contribution < -0.4 is 10.6 Å². The predicted octanol–water partition coefficient (Wildman–Crippen LogP) is 1.79. The number of rotatable bonds is 8. The quantitative estimate of drug-likeness (QED) is 0.686. The summed E-state index contributed by atoms with van der Waals surface area (Å²) in [7, 11) is 0. The summed E-state index contributed by atoms with van der Waals surface area (Å²) in [4.78, 5) is 27.5. The summed E-state index contributed by atoms with van der Waals surface area (Å²) in [6.45, 7) is 11.2. The number of nitrogens with one attached hydrogen (secondary N) is 2. The Bertz CT molecular complexity index is 442. The molecule has 2 N–H and O–H groups in total. The van der Waals surface area contributed by atoms with Gasteiger partial charge in [0.25, 0.3) is 0 Å². The molecule has 1 heterocycles. The zero-order valence-corrected chi connectivity index (χ0v) is 16.8. The summed E-state index contributed by atoms with van der Waals surface area (Å²) < 4.78 is 5.34. The molecule has 0 bridgehead atoms. The van der Waals surface area contributed by atoms with Crippen molar-refractivity contribution in [3.8, 4) is 0 Å². The maximum absolute atomic E-state index is 12.6. The minimum absolute atomic E-state index is 0.0514. The molecule has 1 aliphatic heterocycles. The van der Waals surface area contributed by atoms with Gasteiger partial charge in [-0.15, -0.1) is 0 Å². The number of ether oxygens (including phenoxy) is 1. The van der Waals surface area contributed by atoms with E-state index < -0.39 is 6.04 Å². The van der Waals surface area contributed by atoms with Gasteiger partial charge in [0.2, 0.25) is 11.8 Å². The van der Waals surface area contributed by atoms with Gasteiger partial charge in [-0.25, -0.2) is 0 Å². The molecule has 0 unspecified atom stereocenters. The third-order valence-corrected chi connectivity index (χ3v) is 5.56. The molecule has 0 aromatic rings. The van der Waals surface area contributed by atoms with Crippen LogP contribution in [0.5, 0.6) is 0 Å². The van der Waals surface area contributed by atoms with Crippen LogP contribution in [0.15, 0.2) is 0 Å². The van der Waals surface area contributed by atoms with Crippen LogP contribution in [0, 0.1) is 17.8 Å². The molecule has 1 saturated carbocycles. The summed E-state index contributed by atoms with van der Waals surface area (Å²) in [6, 6.07) is -0.425. The summed E-state index contributed by atoms with van der Waals surface area (Å²) >= 11 is 0. The third kappa shape index (κ3) is 7.23. The molecular weight excluding hydrogens is 330 g/mol. The lowest BCUT2D eigenvalue weighted by Crippen LogP contribution is -2.51. The van der Waals surface area contributed by atoms with Crippen LogP contribution in [0.2, 0.25) is 0 Å². The van der Waals surface area contributed by atoms with Crippen molar-refractivity contribution < 1.29 is 14.3 Å². The average molecular weight is 368 g/mol. The van der Waals surface area contributed by atoms with Gasteiger partial charge in [0, 0.05) is 32.1 Å². The number of morpholine rings is 1. The molecule has 0 aromatic heterocycles. The van der Waals surface area contributed by atoms with Crippen LogP contribution in [0.1, 0.15) is 52.9 Å². The van der Waals surface area contributed by atoms with Crippen molar-refractivity contribution in [2.45, 2.75) is 58.9 Å². The van der Waals surface area contributed by atoms with Gasteiger partial charge in [-0.3, -0.25) is 14.5 Å². The molecule has 2 rings (SSSR count). The highest BCUT2D eigenvalue weighted by atomic mass is 16.5. The number of hydrogen-bond donors (Lipinski definition) is 2. The fourth-order valence-corrected chi connectivity index (χ4v) is 3.80. The monoisotopic (exact) mass is 367 g/mol. The van der Waals surface area contributed by atoms with Crippen LogP contribution >= 0.6 is 0 Å². The Morgan fingerprint density at radius 3 is 2.38 bits per heavy atom. The normalized spacial score (nSPS) is 25.7. The molecule has 26 heavy (non-hydrogen) atoms. The van der Waals surface area contributed by atoms with Gasteiger partial charge in [0.15, 0.2) is 0 Å². The Balaban J connectivity index is 1.78. The summed E-state index contributed by atoms with van der Waals surface area (Å²) in [5, 5.41) is 6.05. The van der Waals surface area contributed by atoms with Crippen molar-refractivity contribution in [3.05, 3.63) is 0 Å². The van der Waals surface area contributed by atoms with E-state index in [0.717, 1.165) is 58.5 Å². The first kappa shape index (κ1) is 21.2. The molecule has 1 aliphatic carbocycles. The molecule has 6 nitrogen and oxygen atoms in total. The van der Waals surface area contributed by atoms with Gasteiger partial charge in [0.1, 0.15) is 6.04 Å². The van der Waals surface area contributed by atoms with Crippen LogP contribution in [0.3, 0.4) is 0 Å². The lowest BCUT2D eigenvalue weighted by Gasteiger charge is -2.29. The first-order valence-corrected chi connectivity index (χ1v) is 10.3. The number of carbonyl (C=O) groups is 2. The Morgan fingerprint density at radius 2 is 1.77 bits per heavy atom. The molecule has 150 valence electrons. The van der Waals surface area contributed by atoms with E-state index >= 15 is 0 Å². The van der Waals surface area contributed by atoms with Crippen molar-refractivity contribution in [3.63, 3.8) is 0 Å². The van der Waals surface area contributed by atoms with Crippen LogP contribution in [0.25, 0.3) is 0 Å². The van der Waals surface area contributed by atoms with E-state index in [4.69, 9.17) is 4.74 Å². The zero-order valence-electron chi connectivity index (χ0n) is 16.8. The van der Waals surface area contributed by atoms with Crippen molar-refractivity contribution in [2.24, 2.45) is 17.8 Å². The minimum atomic E-state index is -0.425. The molecule has 2 amide bonds. The highest BCUT2D eigenvalue weighted by Crippen LogP contribution is 2.28. The smallest absolute Gasteiger partial charge is 0.242 e. The van der Waals surface area contributed by atoms with E-state index in [2.05, 4.69) is 36.3 Å². The largest absolute Gasteiger partial charge is 0.379 e. The third-order valence-electron chi connectivity index (χ3n) is 5.56. The topological polar surface area (TPSA) is 70.7 Å². The standard InChI is InChI=1S/C20H37N3O3/c1-15(2)14-18(22-19(24)17-6-4-16(3)5-7-17)20(25)21-8-9-23-10-12-26-13-11-23/h15-18H,4-14H2,1-3H3,(H,21,25)(H,22,24)/t16?,17?,18-/m0/s1. The Morgan fingerprint density at radius 1 is 1.12 bits per heavy atom. The molecule has 2 aliphatic rings. The predicted molar refractivity (Wildman–Crippen MR) is 103 cm³/mol. The van der Waals surface area contributed by atoms with E-state index in [1.54, 1.807) is 0 Å². The van der Waals surface area contributed by atoms with Gasteiger partial charge in [0.05, 0.1) is 13.2 Å². The maximum atomic E-state index is 12.6. The van der Waals surface area contributed by atoms with Crippen LogP contribution in [0.4, 0.5) is 0 Å². The van der Waals surface area contributed by atoms with Crippen molar-refractivity contribution >= 4 is 11.8 Å². The Labute approximate surface area is 158 Å². The number of hydrogen-bond acceptors (Lipinski definition) is 4. The van der Waals surface area contributed by atoms with Crippen LogP contribution in [-0.4, -0.2) is 62.1 Å². The van der Waals surface area contributed by atoms with E-state index in [9.17, 15) is 9.59 Å². The van der Waals surface area contributed by atoms with Crippen molar-refractivity contribution in [2.75, 3.05) is 39.4 Å². The maximum Gasteiger partial charge on any atom is 0.242 e. The van der Waals surface area contributed by atoms with Crippen molar-refractivity contribution in [1.82, 2.24) is 15.5 Å². The Hall–Kier alpha value is -1.14. The molecule has 2 fully saturated rings. The van der Waals surface area contributed by atoms with E-state index in [1.165, 1.54) is 0 Å². The van der Waals surface area contributed by atoms with Gasteiger partial charge in [-0.05, 0) is 43.9 Å². The fraction of sp³-hybridized carbons (Fsp3) is 0.900. The van der Waals surface area contributed by atoms with E-state index in [0.29, 0.717) is 24.8 Å². The second-order valence-electron chi connectivity index (χ2n) is 8.39. The fourth-order valence-electron chi connectivity index (χ4n) is 3.80. The average Bonchev–Trinajstić information content (AvgIpc) is 2.62. The van der Waals surface area contributed by atoms with Gasteiger partial charge < -0.3 is 15.4 Å². The summed E-state index contributed by atoms with van der Waals surface area (Å²) in [5.74, 6) is 1.16. The SMILES string of the molecule is CC(C)C[C@H](NC(=O)C1CCC(C)CC1)C(=O)NCCN1CCOCC1. The number of amides is 2. The second-order valence-corrected chi connectivity index (χ2v) is 8.39. The summed E-state index contributed by atoms with van der Waals surface area (Å²) in [5.41, 5.74) is 0. The molecule has 1 atom stereocenters. The lowest BCUT2D eigenvalue weighted by molar-refractivity contribution is -0.132. The van der Waals surface area contributed by atoms with Crippen LogP contribution in [-0.2, 0) is 14.3 Å². The molecule has 0 aromatic carbocycles. The highest BCUT2D eigenvalue weighted by Gasteiger charge is 2.28. The summed E-state index contributed by atoms with van der Waals surface area (Å²) in [6.07, 6.45) is 4.79. The molecule has 0 radical (unpaired) electrons. The van der Waals surface area contributed by atoms with Gasteiger partial charge >= 0.3 is 0 Å². The minimum Gasteiger partial charge on any atom is -0.379 e. The zero-order chi connectivity index (χ0) is 18.9.